The molecular formula is C34H57Cl3SiTi. The minimum absolute atomic E-state index is 0. The van der Waals surface area contributed by atoms with Gasteiger partial charge in [-0.15, -0.1) is 0 Å². The summed E-state index contributed by atoms with van der Waals surface area (Å²) in [7, 11) is -0.362. The normalized spacial score (nSPS) is 15.9. The van der Waals surface area contributed by atoms with E-state index in [-0.39, 0.29) is 46.7 Å². The molecule has 0 nitrogen and oxygen atoms in total. The van der Waals surface area contributed by atoms with Crippen LogP contribution >= 0.6 is 0 Å². The molecule has 0 N–H and O–H groups in total. The average Bonchev–Trinajstić information content (AvgIpc) is 3.12. The molecular weight excluding hydrogens is 591 g/mol. The Bertz CT molecular complexity index is 778. The summed E-state index contributed by atoms with van der Waals surface area (Å²) in [5.41, 5.74) is 3.44. The van der Waals surface area contributed by atoms with Crippen LogP contribution < -0.4 is 42.4 Å². The molecule has 1 aliphatic carbocycles. The summed E-state index contributed by atoms with van der Waals surface area (Å²) in [6.45, 7) is 9.57. The van der Waals surface area contributed by atoms with E-state index in [1.807, 2.05) is 5.20 Å². The molecule has 1 aromatic carbocycles. The standard InChI is InChI=1S/C34H57Si.3ClH.Ti/c1-5-7-8-9-10-11-12-13-14-15-16-17-18-19-20-24-27-32-30(4)33(29(3)6-2)28-34(32)35-31-25-22-21-23-26-31;;;;/h21-23,25-26,29,32H,5-20,24,27,35H2,1-4H3;3*1H;/q;;;;+3/p-3. The predicted octanol–water partition coefficient (Wildman–Crippen LogP) is 0.895. The molecule has 39 heavy (non-hydrogen) atoms. The van der Waals surface area contributed by atoms with Gasteiger partial charge in [0.15, 0.2) is 0 Å². The number of allylic oxidation sites excluding steroid dienone is 4. The van der Waals surface area contributed by atoms with Crippen LogP contribution in [0.4, 0.5) is 0 Å². The second-order valence-corrected chi connectivity index (χ2v) is 14.3. The minimum Gasteiger partial charge on any atom is -1.00 e. The zero-order valence-electron chi connectivity index (χ0n) is 25.6. The third-order valence-electron chi connectivity index (χ3n) is 8.65. The SMILES string of the molecule is CCCCCCCCCCCCCCCCCCC1C(C)=C(C(C)CC)[C]([Ti+3])=C1[SiH2]c1ccccc1.[Cl-].[Cl-].[Cl-]. The quantitative estimate of drug-likeness (QED) is 0.138. The van der Waals surface area contributed by atoms with E-state index in [1.54, 1.807) is 20.2 Å². The van der Waals surface area contributed by atoms with Gasteiger partial charge in [0, 0.05) is 0 Å². The Morgan fingerprint density at radius 1 is 0.692 bits per heavy atom. The molecule has 0 radical (unpaired) electrons. The van der Waals surface area contributed by atoms with Crippen LogP contribution in [0.1, 0.15) is 143 Å². The van der Waals surface area contributed by atoms with Crippen molar-refractivity contribution >= 4 is 14.7 Å². The first-order chi connectivity index (χ1) is 17.6. The molecule has 5 heteroatoms. The number of unbranched alkanes of at least 4 members (excludes halogenated alkanes) is 15. The average molecular weight is 648 g/mol. The number of rotatable bonds is 21. The van der Waals surface area contributed by atoms with Crippen LogP contribution in [-0.4, -0.2) is 9.52 Å². The van der Waals surface area contributed by atoms with E-state index in [1.165, 1.54) is 116 Å². The molecule has 0 aromatic heterocycles. The van der Waals surface area contributed by atoms with E-state index in [0.717, 1.165) is 5.92 Å². The number of hydrogen-bond donors (Lipinski definition) is 0. The molecule has 2 unspecified atom stereocenters. The fraction of sp³-hybridized carbons (Fsp3) is 0.706. The first-order valence-electron chi connectivity index (χ1n) is 15.8. The molecule has 2 rings (SSSR count). The molecule has 0 amide bonds. The van der Waals surface area contributed by atoms with Gasteiger partial charge in [-0.3, -0.25) is 0 Å². The fourth-order valence-corrected chi connectivity index (χ4v) is 9.60. The molecule has 0 bridgehead atoms. The maximum Gasteiger partial charge on any atom is -1.00 e. The molecule has 0 aliphatic heterocycles. The van der Waals surface area contributed by atoms with E-state index in [4.69, 9.17) is 0 Å². The van der Waals surface area contributed by atoms with Crippen molar-refractivity contribution in [2.75, 3.05) is 0 Å². The summed E-state index contributed by atoms with van der Waals surface area (Å²) < 4.78 is 1.68. The maximum atomic E-state index is 2.47. The Kier molecular flexibility index (Phi) is 27.9. The van der Waals surface area contributed by atoms with E-state index in [2.05, 4.69) is 78.5 Å². The topological polar surface area (TPSA) is 0 Å². The van der Waals surface area contributed by atoms with Gasteiger partial charge in [0.2, 0.25) is 0 Å². The summed E-state index contributed by atoms with van der Waals surface area (Å²) >= 11 is 2.45. The molecule has 0 saturated carbocycles. The van der Waals surface area contributed by atoms with E-state index in [0.29, 0.717) is 5.92 Å². The van der Waals surface area contributed by atoms with Crippen LogP contribution in [0.2, 0.25) is 0 Å². The van der Waals surface area contributed by atoms with Crippen molar-refractivity contribution in [1.29, 1.82) is 0 Å². The van der Waals surface area contributed by atoms with Gasteiger partial charge in [0.25, 0.3) is 0 Å². The van der Waals surface area contributed by atoms with Gasteiger partial charge in [-0.25, -0.2) is 0 Å². The van der Waals surface area contributed by atoms with Crippen LogP contribution in [0.25, 0.3) is 0 Å². The van der Waals surface area contributed by atoms with Crippen molar-refractivity contribution < 1.29 is 57.7 Å². The zero-order valence-corrected chi connectivity index (χ0v) is 30.9. The number of benzene rings is 1. The molecule has 0 spiro atoms. The van der Waals surface area contributed by atoms with Gasteiger partial charge >= 0.3 is 183 Å². The zero-order chi connectivity index (χ0) is 26.0. The van der Waals surface area contributed by atoms with E-state index < -0.39 is 0 Å². The molecule has 2 atom stereocenters. The molecule has 0 saturated heterocycles. The molecule has 1 aromatic rings. The Labute approximate surface area is 276 Å². The molecule has 1 aliphatic rings. The Morgan fingerprint density at radius 2 is 1.13 bits per heavy atom. The van der Waals surface area contributed by atoms with Gasteiger partial charge in [-0.05, 0) is 0 Å². The van der Waals surface area contributed by atoms with Crippen LogP contribution in [0.15, 0.2) is 50.6 Å². The summed E-state index contributed by atoms with van der Waals surface area (Å²) in [4.78, 5) is 0. The van der Waals surface area contributed by atoms with Gasteiger partial charge in [-0.1, -0.05) is 58.3 Å². The van der Waals surface area contributed by atoms with Crippen molar-refractivity contribution in [3.8, 4) is 0 Å². The third kappa shape index (κ3) is 16.1. The van der Waals surface area contributed by atoms with Gasteiger partial charge in [0.1, 0.15) is 0 Å². The second kappa shape index (κ2) is 26.2. The minimum atomic E-state index is -0.362. The van der Waals surface area contributed by atoms with Gasteiger partial charge < -0.3 is 37.2 Å². The predicted molar refractivity (Wildman–Crippen MR) is 161 cm³/mol. The van der Waals surface area contributed by atoms with Crippen LogP contribution in [0, 0.1) is 11.8 Å². The van der Waals surface area contributed by atoms with Crippen LogP contribution in [0.3, 0.4) is 0 Å². The monoisotopic (exact) mass is 646 g/mol. The largest absolute Gasteiger partial charge is 1.00 e. The van der Waals surface area contributed by atoms with Gasteiger partial charge in [0.05, 0.1) is 0 Å². The summed E-state index contributed by atoms with van der Waals surface area (Å²) in [5.74, 6) is 1.45. The summed E-state index contributed by atoms with van der Waals surface area (Å²) in [6.07, 6.45) is 25.9. The smallest absolute Gasteiger partial charge is 1.00 e. The molecule has 0 fully saturated rings. The van der Waals surface area contributed by atoms with E-state index >= 15 is 0 Å². The van der Waals surface area contributed by atoms with Crippen molar-refractivity contribution in [2.45, 2.75) is 143 Å². The first kappa shape index (κ1) is 41.6. The fourth-order valence-electron chi connectivity index (χ4n) is 6.15. The van der Waals surface area contributed by atoms with Crippen molar-refractivity contribution in [3.05, 3.63) is 50.6 Å². The number of halogens is 3. The molecule has 0 heterocycles. The Morgan fingerprint density at radius 3 is 1.56 bits per heavy atom. The van der Waals surface area contributed by atoms with Crippen molar-refractivity contribution in [2.24, 2.45) is 11.8 Å². The van der Waals surface area contributed by atoms with Crippen LogP contribution in [0.5, 0.6) is 0 Å². The number of hydrogen-bond acceptors (Lipinski definition) is 0. The van der Waals surface area contributed by atoms with Crippen molar-refractivity contribution in [1.82, 2.24) is 0 Å². The summed E-state index contributed by atoms with van der Waals surface area (Å²) in [5, 5.41) is 3.47. The summed E-state index contributed by atoms with van der Waals surface area (Å²) in [6, 6.07) is 11.4. The second-order valence-electron chi connectivity index (χ2n) is 11.6. The Hall–Kier alpha value is 0.501. The van der Waals surface area contributed by atoms with Gasteiger partial charge in [-0.2, -0.15) is 0 Å². The molecule has 222 valence electrons. The van der Waals surface area contributed by atoms with E-state index in [9.17, 15) is 0 Å². The Balaban J connectivity index is 0. The van der Waals surface area contributed by atoms with Crippen LogP contribution in [-0.2, 0) is 20.4 Å². The maximum absolute atomic E-state index is 2.47. The third-order valence-corrected chi connectivity index (χ3v) is 12.2. The van der Waals surface area contributed by atoms with Crippen molar-refractivity contribution in [3.63, 3.8) is 0 Å². The first-order valence-corrected chi connectivity index (χ1v) is 18.0.